The zero-order valence-electron chi connectivity index (χ0n) is 11.0. The zero-order chi connectivity index (χ0) is 15.5. The molecule has 0 aliphatic rings. The molecule has 0 saturated carbocycles. The van der Waals surface area contributed by atoms with Gasteiger partial charge in [0.2, 0.25) is 0 Å². The molecule has 0 fully saturated rings. The number of hydrogen-bond acceptors (Lipinski definition) is 6. The third-order valence-electron chi connectivity index (χ3n) is 2.51. The highest BCUT2D eigenvalue weighted by Crippen LogP contribution is 2.16. The lowest BCUT2D eigenvalue weighted by Gasteiger charge is -2.04. The van der Waals surface area contributed by atoms with Crippen molar-refractivity contribution in [2.45, 2.75) is 11.6 Å². The Balaban J connectivity index is 2.19. The molecule has 21 heavy (non-hydrogen) atoms. The third kappa shape index (κ3) is 3.38. The minimum absolute atomic E-state index is 0.206. The second kappa shape index (κ2) is 5.93. The molecule has 0 saturated heterocycles. The van der Waals surface area contributed by atoms with Gasteiger partial charge in [-0.05, 0) is 0 Å². The van der Waals surface area contributed by atoms with E-state index in [1.807, 2.05) is 0 Å². The Bertz CT molecular complexity index is 735. The second-order valence-corrected chi connectivity index (χ2v) is 5.63. The molecule has 0 amide bonds. The Morgan fingerprint density at radius 3 is 2.95 bits per heavy atom. The Hall–Kier alpha value is -2.40. The number of H-pyrrole nitrogens is 1. The number of carboxylic acid groups (broad SMARTS) is 1. The van der Waals surface area contributed by atoms with Gasteiger partial charge in [-0.3, -0.25) is 14.5 Å². The molecule has 2 aromatic rings. The van der Waals surface area contributed by atoms with Crippen LogP contribution in [0.1, 0.15) is 10.4 Å². The van der Waals surface area contributed by atoms with Crippen molar-refractivity contribution in [1.82, 2.24) is 20.0 Å². The molecule has 0 atom stereocenters. The lowest BCUT2D eigenvalue weighted by molar-refractivity contribution is 0.0692. The molecular weight excluding hydrogens is 302 g/mol. The number of nitrogens with zero attached hydrogens (tertiary/aromatic N) is 3. The maximum atomic E-state index is 12.1. The smallest absolute Gasteiger partial charge is 0.340 e. The van der Waals surface area contributed by atoms with Crippen LogP contribution < -0.4 is 4.72 Å². The van der Waals surface area contributed by atoms with Crippen molar-refractivity contribution in [3.05, 3.63) is 24.2 Å². The predicted molar refractivity (Wildman–Crippen MR) is 70.5 cm³/mol. The molecule has 0 aliphatic heterocycles. The predicted octanol–water partition coefficient (Wildman–Crippen LogP) is -0.248. The van der Waals surface area contributed by atoms with E-state index < -0.39 is 26.6 Å². The summed E-state index contributed by atoms with van der Waals surface area (Å²) < 4.78 is 32.8. The number of aromatic carboxylic acids is 1. The highest BCUT2D eigenvalue weighted by atomic mass is 32.2. The maximum Gasteiger partial charge on any atom is 0.340 e. The number of nitrogens with one attached hydrogen (secondary N) is 2. The van der Waals surface area contributed by atoms with Crippen molar-refractivity contribution in [3.63, 3.8) is 0 Å². The number of hydrogen-bond donors (Lipinski definition) is 3. The zero-order valence-corrected chi connectivity index (χ0v) is 11.8. The fraction of sp³-hybridized carbons (Fsp3) is 0.300. The number of sulfonamides is 1. The molecular formula is C10H13N5O5S. The first-order valence-electron chi connectivity index (χ1n) is 5.75. The summed E-state index contributed by atoms with van der Waals surface area (Å²) in [5.41, 5.74) is -0.230. The Morgan fingerprint density at radius 2 is 2.29 bits per heavy atom. The SMILES string of the molecule is COCCn1cc(NS(=O)(=O)c2[nH]ncc2C(=O)O)cn1. The Labute approximate surface area is 119 Å². The van der Waals surface area contributed by atoms with Crippen molar-refractivity contribution in [2.24, 2.45) is 0 Å². The fourth-order valence-corrected chi connectivity index (χ4v) is 2.68. The summed E-state index contributed by atoms with van der Waals surface area (Å²) in [5.74, 6) is -1.39. The number of methoxy groups -OCH3 is 1. The number of carbonyl (C=O) groups is 1. The molecule has 0 bridgehead atoms. The van der Waals surface area contributed by atoms with Crippen molar-refractivity contribution >= 4 is 21.7 Å². The van der Waals surface area contributed by atoms with Crippen LogP contribution in [0.3, 0.4) is 0 Å². The van der Waals surface area contributed by atoms with Crippen molar-refractivity contribution < 1.29 is 23.1 Å². The largest absolute Gasteiger partial charge is 0.478 e. The van der Waals surface area contributed by atoms with Gasteiger partial charge in [-0.2, -0.15) is 18.6 Å². The molecule has 0 aromatic carbocycles. The molecule has 0 radical (unpaired) electrons. The molecule has 2 aromatic heterocycles. The lowest BCUT2D eigenvalue weighted by Crippen LogP contribution is -2.16. The molecule has 0 aliphatic carbocycles. The number of rotatable bonds is 7. The number of carboxylic acids is 1. The van der Waals surface area contributed by atoms with Crippen LogP contribution in [0.15, 0.2) is 23.6 Å². The maximum absolute atomic E-state index is 12.1. The van der Waals surface area contributed by atoms with E-state index in [-0.39, 0.29) is 5.69 Å². The van der Waals surface area contributed by atoms with E-state index in [2.05, 4.69) is 20.0 Å². The minimum atomic E-state index is -4.09. The summed E-state index contributed by atoms with van der Waals surface area (Å²) in [6, 6.07) is 0. The monoisotopic (exact) mass is 315 g/mol. The molecule has 10 nitrogen and oxygen atoms in total. The van der Waals surface area contributed by atoms with Gasteiger partial charge in [0.25, 0.3) is 10.0 Å². The molecule has 0 unspecified atom stereocenters. The fourth-order valence-electron chi connectivity index (χ4n) is 1.56. The number of ether oxygens (including phenoxy) is 1. The Morgan fingerprint density at radius 1 is 1.52 bits per heavy atom. The summed E-state index contributed by atoms with van der Waals surface area (Å²) in [6.45, 7) is 0.889. The topological polar surface area (TPSA) is 139 Å². The van der Waals surface area contributed by atoms with Gasteiger partial charge in [0.1, 0.15) is 5.56 Å². The summed E-state index contributed by atoms with van der Waals surface area (Å²) in [6.07, 6.45) is 3.70. The lowest BCUT2D eigenvalue weighted by atomic mass is 10.4. The standard InChI is InChI=1S/C10H13N5O5S/c1-20-3-2-15-6-7(4-12-15)14-21(18,19)9-8(10(16)17)5-11-13-9/h4-6,14H,2-3H2,1H3,(H,11,13)(H,16,17). The van der Waals surface area contributed by atoms with Gasteiger partial charge < -0.3 is 9.84 Å². The average Bonchev–Trinajstić information content (AvgIpc) is 3.04. The molecule has 114 valence electrons. The van der Waals surface area contributed by atoms with E-state index in [1.54, 1.807) is 7.11 Å². The normalized spacial score (nSPS) is 11.5. The summed E-state index contributed by atoms with van der Waals surface area (Å²) in [7, 11) is -2.55. The summed E-state index contributed by atoms with van der Waals surface area (Å²) in [5, 5.41) is 17.9. The van der Waals surface area contributed by atoms with Gasteiger partial charge in [-0.25, -0.2) is 4.79 Å². The number of aromatic nitrogens is 4. The van der Waals surface area contributed by atoms with Gasteiger partial charge >= 0.3 is 5.97 Å². The van der Waals surface area contributed by atoms with Crippen molar-refractivity contribution in [2.75, 3.05) is 18.4 Å². The molecule has 2 rings (SSSR count). The van der Waals surface area contributed by atoms with Gasteiger partial charge in [-0.15, -0.1) is 0 Å². The van der Waals surface area contributed by atoms with Gasteiger partial charge in [0, 0.05) is 13.3 Å². The average molecular weight is 315 g/mol. The van der Waals surface area contributed by atoms with Crippen LogP contribution in [-0.4, -0.2) is 53.2 Å². The first kappa shape index (κ1) is 15.0. The van der Waals surface area contributed by atoms with E-state index in [1.165, 1.54) is 17.1 Å². The van der Waals surface area contributed by atoms with Gasteiger partial charge in [0.15, 0.2) is 5.03 Å². The van der Waals surface area contributed by atoms with Crippen LogP contribution in [-0.2, 0) is 21.3 Å². The summed E-state index contributed by atoms with van der Waals surface area (Å²) >= 11 is 0. The second-order valence-electron chi connectivity index (χ2n) is 4.01. The van der Waals surface area contributed by atoms with E-state index in [0.717, 1.165) is 6.20 Å². The first-order valence-corrected chi connectivity index (χ1v) is 7.23. The highest BCUT2D eigenvalue weighted by Gasteiger charge is 2.25. The van der Waals surface area contributed by atoms with Crippen LogP contribution >= 0.6 is 0 Å². The van der Waals surface area contributed by atoms with Gasteiger partial charge in [0.05, 0.1) is 31.2 Å². The molecule has 0 spiro atoms. The van der Waals surface area contributed by atoms with E-state index in [0.29, 0.717) is 13.2 Å². The van der Waals surface area contributed by atoms with Crippen LogP contribution in [0.25, 0.3) is 0 Å². The molecule has 11 heteroatoms. The molecule has 3 N–H and O–H groups in total. The van der Waals surface area contributed by atoms with Crippen LogP contribution in [0.2, 0.25) is 0 Å². The quantitative estimate of drug-likeness (QED) is 0.640. The third-order valence-corrected chi connectivity index (χ3v) is 3.87. The Kier molecular flexibility index (Phi) is 4.23. The van der Waals surface area contributed by atoms with Crippen molar-refractivity contribution in [1.29, 1.82) is 0 Å². The first-order chi connectivity index (χ1) is 9.94. The van der Waals surface area contributed by atoms with E-state index >= 15 is 0 Å². The van der Waals surface area contributed by atoms with Crippen molar-refractivity contribution in [3.8, 4) is 0 Å². The van der Waals surface area contributed by atoms with Gasteiger partial charge in [-0.1, -0.05) is 0 Å². The summed E-state index contributed by atoms with van der Waals surface area (Å²) in [4.78, 5) is 10.9. The highest BCUT2D eigenvalue weighted by molar-refractivity contribution is 7.92. The number of anilines is 1. The van der Waals surface area contributed by atoms with Crippen LogP contribution in [0.4, 0.5) is 5.69 Å². The van der Waals surface area contributed by atoms with Crippen LogP contribution in [0.5, 0.6) is 0 Å². The minimum Gasteiger partial charge on any atom is -0.478 e. The van der Waals surface area contributed by atoms with E-state index in [9.17, 15) is 13.2 Å². The number of aromatic amines is 1. The van der Waals surface area contributed by atoms with E-state index in [4.69, 9.17) is 9.84 Å². The molecule has 2 heterocycles. The van der Waals surface area contributed by atoms with Crippen LogP contribution in [0, 0.1) is 0 Å².